The second-order valence-electron chi connectivity index (χ2n) is 4.23. The summed E-state index contributed by atoms with van der Waals surface area (Å²) in [4.78, 5) is 4.02. The predicted molar refractivity (Wildman–Crippen MR) is 69.4 cm³/mol. The fourth-order valence-electron chi connectivity index (χ4n) is 2.24. The van der Waals surface area contributed by atoms with Crippen molar-refractivity contribution in [1.82, 2.24) is 10.3 Å². The van der Waals surface area contributed by atoms with E-state index in [0.29, 0.717) is 0 Å². The van der Waals surface area contributed by atoms with Crippen molar-refractivity contribution in [1.29, 1.82) is 0 Å². The lowest BCUT2D eigenvalue weighted by atomic mass is 9.99. The quantitative estimate of drug-likeness (QED) is 0.824. The van der Waals surface area contributed by atoms with Gasteiger partial charge in [0.25, 0.3) is 0 Å². The average Bonchev–Trinajstić information content (AvgIpc) is 2.40. The monoisotopic (exact) mass is 225 g/mol. The van der Waals surface area contributed by atoms with Crippen LogP contribution in [0, 0.1) is 0 Å². The van der Waals surface area contributed by atoms with E-state index in [2.05, 4.69) is 33.8 Å². The molecule has 1 aliphatic heterocycles. The summed E-state index contributed by atoms with van der Waals surface area (Å²) in [7, 11) is 0. The van der Waals surface area contributed by atoms with Crippen LogP contribution in [0.15, 0.2) is 42.7 Å². The maximum Gasteiger partial charge on any atom is 0.0420 e. The van der Waals surface area contributed by atoms with Crippen molar-refractivity contribution in [3.63, 3.8) is 0 Å². The minimum absolute atomic E-state index is 0.973. The zero-order valence-electron chi connectivity index (χ0n) is 9.61. The maximum absolute atomic E-state index is 4.02. The summed E-state index contributed by atoms with van der Waals surface area (Å²) in [6.07, 6.45) is 4.70. The Morgan fingerprint density at radius 3 is 2.88 bits per heavy atom. The zero-order chi connectivity index (χ0) is 11.5. The van der Waals surface area contributed by atoms with Crippen LogP contribution in [-0.4, -0.2) is 11.5 Å². The first-order chi connectivity index (χ1) is 8.43. The Bertz CT molecular complexity index is 508. The molecule has 3 rings (SSSR count). The third-order valence-corrected chi connectivity index (χ3v) is 3.10. The van der Waals surface area contributed by atoms with Gasteiger partial charge in [0.1, 0.15) is 0 Å². The molecule has 1 aromatic carbocycles. The van der Waals surface area contributed by atoms with Gasteiger partial charge in [0.2, 0.25) is 0 Å². The Balaban J connectivity index is 1.93. The van der Waals surface area contributed by atoms with E-state index in [9.17, 15) is 0 Å². The first-order valence-corrected chi connectivity index (χ1v) is 5.92. The molecule has 17 heavy (non-hydrogen) atoms. The Morgan fingerprint density at radius 1 is 1.12 bits per heavy atom. The largest absolute Gasteiger partial charge is 0.355 e. The summed E-state index contributed by atoms with van der Waals surface area (Å²) < 4.78 is 0. The first kappa shape index (κ1) is 10.3. The van der Waals surface area contributed by atoms with Gasteiger partial charge in [-0.3, -0.25) is 4.98 Å². The molecule has 0 saturated heterocycles. The van der Waals surface area contributed by atoms with Gasteiger partial charge in [-0.25, -0.2) is 0 Å². The summed E-state index contributed by atoms with van der Waals surface area (Å²) in [5, 5.41) is 6.86. The number of anilines is 2. The van der Waals surface area contributed by atoms with E-state index in [0.717, 1.165) is 25.2 Å². The van der Waals surface area contributed by atoms with Crippen molar-refractivity contribution in [2.24, 2.45) is 0 Å². The minimum Gasteiger partial charge on any atom is -0.355 e. The predicted octanol–water partition coefficient (Wildman–Crippen LogP) is 2.47. The second-order valence-corrected chi connectivity index (χ2v) is 4.23. The molecule has 1 aliphatic rings. The molecule has 0 bridgehead atoms. The van der Waals surface area contributed by atoms with Gasteiger partial charge in [0.05, 0.1) is 0 Å². The fraction of sp³-hybridized carbons (Fsp3) is 0.214. The van der Waals surface area contributed by atoms with Crippen molar-refractivity contribution in [2.45, 2.75) is 13.0 Å². The minimum atomic E-state index is 0.973. The van der Waals surface area contributed by atoms with Crippen LogP contribution in [0.1, 0.15) is 11.1 Å². The molecule has 0 amide bonds. The van der Waals surface area contributed by atoms with Crippen LogP contribution < -0.4 is 10.6 Å². The van der Waals surface area contributed by atoms with Gasteiger partial charge in [-0.05, 0) is 42.3 Å². The Morgan fingerprint density at radius 2 is 2.00 bits per heavy atom. The first-order valence-electron chi connectivity index (χ1n) is 5.92. The topological polar surface area (TPSA) is 37.0 Å². The molecule has 0 atom stereocenters. The van der Waals surface area contributed by atoms with Gasteiger partial charge >= 0.3 is 0 Å². The number of nitrogens with one attached hydrogen (secondary N) is 2. The number of benzene rings is 1. The number of hydrogen-bond acceptors (Lipinski definition) is 3. The molecule has 0 spiro atoms. The summed E-state index contributed by atoms with van der Waals surface area (Å²) >= 11 is 0. The molecular formula is C14H15N3. The highest BCUT2D eigenvalue weighted by Gasteiger charge is 2.12. The molecule has 1 aromatic heterocycles. The molecular weight excluding hydrogens is 210 g/mol. The smallest absolute Gasteiger partial charge is 0.0420 e. The van der Waals surface area contributed by atoms with Gasteiger partial charge in [0.15, 0.2) is 0 Å². The van der Waals surface area contributed by atoms with Crippen LogP contribution in [0.2, 0.25) is 0 Å². The normalized spacial score (nSPS) is 14.1. The summed E-state index contributed by atoms with van der Waals surface area (Å²) in [6.45, 7) is 2.03. The SMILES string of the molecule is c1cc2c(c(Nc3ccncc3)c1)CCNC2. The number of aromatic nitrogens is 1. The van der Waals surface area contributed by atoms with Crippen molar-refractivity contribution >= 4 is 11.4 Å². The molecule has 0 saturated carbocycles. The van der Waals surface area contributed by atoms with Crippen LogP contribution in [0.4, 0.5) is 11.4 Å². The van der Waals surface area contributed by atoms with Crippen LogP contribution in [0.5, 0.6) is 0 Å². The standard InChI is InChI=1S/C14H15N3/c1-2-11-10-16-9-6-13(11)14(3-1)17-12-4-7-15-8-5-12/h1-5,7-8,16H,6,9-10H2,(H,15,17). The van der Waals surface area contributed by atoms with Crippen LogP contribution in [0.3, 0.4) is 0 Å². The van der Waals surface area contributed by atoms with Gasteiger partial charge in [-0.2, -0.15) is 0 Å². The van der Waals surface area contributed by atoms with Crippen LogP contribution in [0.25, 0.3) is 0 Å². The lowest BCUT2D eigenvalue weighted by Crippen LogP contribution is -2.24. The van der Waals surface area contributed by atoms with Crippen LogP contribution in [-0.2, 0) is 13.0 Å². The number of fused-ring (bicyclic) bond motifs is 1. The van der Waals surface area contributed by atoms with Crippen molar-refractivity contribution < 1.29 is 0 Å². The third-order valence-electron chi connectivity index (χ3n) is 3.10. The van der Waals surface area contributed by atoms with Gasteiger partial charge < -0.3 is 10.6 Å². The highest BCUT2D eigenvalue weighted by atomic mass is 14.9. The van der Waals surface area contributed by atoms with Crippen LogP contribution >= 0.6 is 0 Å². The molecule has 0 unspecified atom stereocenters. The molecule has 2 heterocycles. The molecule has 3 nitrogen and oxygen atoms in total. The van der Waals surface area contributed by atoms with Crippen molar-refractivity contribution in [2.75, 3.05) is 11.9 Å². The molecule has 0 radical (unpaired) electrons. The fourth-order valence-corrected chi connectivity index (χ4v) is 2.24. The molecule has 2 N–H and O–H groups in total. The molecule has 86 valence electrons. The second kappa shape index (κ2) is 4.55. The lowest BCUT2D eigenvalue weighted by Gasteiger charge is -2.21. The van der Waals surface area contributed by atoms with E-state index in [1.165, 1.54) is 16.8 Å². The number of pyridine rings is 1. The highest BCUT2D eigenvalue weighted by molar-refractivity contribution is 5.64. The van der Waals surface area contributed by atoms with E-state index in [-0.39, 0.29) is 0 Å². The number of rotatable bonds is 2. The molecule has 0 aliphatic carbocycles. The van der Waals surface area contributed by atoms with E-state index in [4.69, 9.17) is 0 Å². The Kier molecular flexibility index (Phi) is 2.76. The molecule has 0 fully saturated rings. The van der Waals surface area contributed by atoms with Crippen molar-refractivity contribution in [3.8, 4) is 0 Å². The van der Waals surface area contributed by atoms with Gasteiger partial charge in [0, 0.05) is 30.3 Å². The summed E-state index contributed by atoms with van der Waals surface area (Å²) in [5.41, 5.74) is 5.14. The summed E-state index contributed by atoms with van der Waals surface area (Å²) in [5.74, 6) is 0. The number of hydrogen-bond donors (Lipinski definition) is 2. The third kappa shape index (κ3) is 2.15. The van der Waals surface area contributed by atoms with Gasteiger partial charge in [-0.1, -0.05) is 12.1 Å². The van der Waals surface area contributed by atoms with E-state index < -0.39 is 0 Å². The zero-order valence-corrected chi connectivity index (χ0v) is 9.61. The van der Waals surface area contributed by atoms with E-state index in [1.807, 2.05) is 12.1 Å². The highest BCUT2D eigenvalue weighted by Crippen LogP contribution is 2.25. The van der Waals surface area contributed by atoms with E-state index in [1.54, 1.807) is 12.4 Å². The van der Waals surface area contributed by atoms with Gasteiger partial charge in [-0.15, -0.1) is 0 Å². The average molecular weight is 225 g/mol. The summed E-state index contributed by atoms with van der Waals surface area (Å²) in [6, 6.07) is 10.4. The molecule has 3 heteroatoms. The maximum atomic E-state index is 4.02. The Hall–Kier alpha value is -1.87. The lowest BCUT2D eigenvalue weighted by molar-refractivity contribution is 0.645. The van der Waals surface area contributed by atoms with E-state index >= 15 is 0 Å². The number of nitrogens with zero attached hydrogens (tertiary/aromatic N) is 1. The Labute approximate surface area is 101 Å². The molecule has 2 aromatic rings. The van der Waals surface area contributed by atoms with Crippen molar-refractivity contribution in [3.05, 3.63) is 53.9 Å².